The first-order chi connectivity index (χ1) is 17.5. The number of ether oxygens (including phenoxy) is 2. The molecule has 0 radical (unpaired) electrons. The lowest BCUT2D eigenvalue weighted by Gasteiger charge is -2.20. The molecule has 0 aromatic heterocycles. The van der Waals surface area contributed by atoms with Gasteiger partial charge in [0.1, 0.15) is 11.5 Å². The number of fused-ring (bicyclic) bond motifs is 1. The lowest BCUT2D eigenvalue weighted by Crippen LogP contribution is -2.18. The fraction of sp³-hybridized carbons (Fsp3) is 0.586. The molecule has 1 aromatic carbocycles. The maximum Gasteiger partial charge on any atom is 0.335 e. The van der Waals surface area contributed by atoms with Crippen molar-refractivity contribution < 1.29 is 28.7 Å². The summed E-state index contributed by atoms with van der Waals surface area (Å²) >= 11 is 0. The number of allylic oxidation sites excluding steroid dienone is 2. The van der Waals surface area contributed by atoms with Gasteiger partial charge in [-0.25, -0.2) is 4.79 Å². The molecule has 36 heavy (non-hydrogen) atoms. The summed E-state index contributed by atoms with van der Waals surface area (Å²) in [6.07, 6.45) is 15.2. The number of rotatable bonds is 17. The molecular formula is C29H41NO6. The van der Waals surface area contributed by atoms with Crippen LogP contribution in [0.2, 0.25) is 0 Å². The predicted molar refractivity (Wildman–Crippen MR) is 141 cm³/mol. The van der Waals surface area contributed by atoms with E-state index in [1.807, 2.05) is 0 Å². The van der Waals surface area contributed by atoms with Crippen LogP contribution in [0.25, 0.3) is 0 Å². The molecule has 1 aromatic rings. The summed E-state index contributed by atoms with van der Waals surface area (Å²) < 4.78 is 11.1. The Bertz CT molecular complexity index is 963. The van der Waals surface area contributed by atoms with Crippen molar-refractivity contribution in [3.63, 3.8) is 0 Å². The zero-order valence-corrected chi connectivity index (χ0v) is 22.3. The van der Waals surface area contributed by atoms with Crippen LogP contribution in [0.5, 0.6) is 11.5 Å². The first kappa shape index (κ1) is 29.3. The third-order valence-electron chi connectivity index (χ3n) is 6.37. The van der Waals surface area contributed by atoms with Gasteiger partial charge in [-0.05, 0) is 37.5 Å². The van der Waals surface area contributed by atoms with E-state index in [2.05, 4.69) is 19.0 Å². The number of oxime groups is 1. The van der Waals surface area contributed by atoms with E-state index >= 15 is 0 Å². The number of ketones is 2. The minimum atomic E-state index is -0.394. The molecule has 7 nitrogen and oxygen atoms in total. The molecule has 198 valence electrons. The summed E-state index contributed by atoms with van der Waals surface area (Å²) in [5.41, 5.74) is 1.32. The molecule has 0 atom stereocenters. The largest absolute Gasteiger partial charge is 0.496 e. The van der Waals surface area contributed by atoms with Gasteiger partial charge in [-0.15, -0.1) is 0 Å². The molecule has 7 heteroatoms. The SMILES string of the molecule is CCCCCCCCCCC(=NOC(=O)CCCCC)c1cc(OC)c2c(c1OC)C(=O)C=CC2=O. The summed E-state index contributed by atoms with van der Waals surface area (Å²) in [5.74, 6) is -0.551. The summed E-state index contributed by atoms with van der Waals surface area (Å²) in [7, 11) is 2.90. The molecule has 0 amide bonds. The van der Waals surface area contributed by atoms with Crippen LogP contribution in [-0.2, 0) is 9.63 Å². The summed E-state index contributed by atoms with van der Waals surface area (Å²) in [4.78, 5) is 42.9. The molecule has 0 bridgehead atoms. The van der Waals surface area contributed by atoms with E-state index < -0.39 is 5.97 Å². The van der Waals surface area contributed by atoms with Crippen molar-refractivity contribution >= 4 is 23.2 Å². The van der Waals surface area contributed by atoms with Gasteiger partial charge in [-0.1, -0.05) is 76.8 Å². The van der Waals surface area contributed by atoms with Crippen molar-refractivity contribution in [2.75, 3.05) is 14.2 Å². The predicted octanol–water partition coefficient (Wildman–Crippen LogP) is 7.00. The highest BCUT2D eigenvalue weighted by atomic mass is 16.7. The topological polar surface area (TPSA) is 91.3 Å². The fourth-order valence-electron chi connectivity index (χ4n) is 4.35. The van der Waals surface area contributed by atoms with Crippen LogP contribution in [-0.4, -0.2) is 37.5 Å². The van der Waals surface area contributed by atoms with E-state index in [1.54, 1.807) is 6.07 Å². The Morgan fingerprint density at radius 3 is 1.92 bits per heavy atom. The average molecular weight is 500 g/mol. The van der Waals surface area contributed by atoms with E-state index in [0.717, 1.165) is 38.5 Å². The van der Waals surface area contributed by atoms with Crippen LogP contribution in [0.15, 0.2) is 23.4 Å². The Labute approximate surface area is 215 Å². The molecule has 0 aliphatic heterocycles. The summed E-state index contributed by atoms with van der Waals surface area (Å²) in [6.45, 7) is 4.28. The first-order valence-electron chi connectivity index (χ1n) is 13.3. The van der Waals surface area contributed by atoms with Gasteiger partial charge in [0.2, 0.25) is 0 Å². The molecule has 0 unspecified atom stereocenters. The van der Waals surface area contributed by atoms with Gasteiger partial charge in [0.05, 0.1) is 31.1 Å². The first-order valence-corrected chi connectivity index (χ1v) is 13.3. The zero-order chi connectivity index (χ0) is 26.3. The highest BCUT2D eigenvalue weighted by Gasteiger charge is 2.31. The number of methoxy groups -OCH3 is 2. The Morgan fingerprint density at radius 2 is 1.31 bits per heavy atom. The number of benzene rings is 1. The van der Waals surface area contributed by atoms with Crippen LogP contribution in [0.3, 0.4) is 0 Å². The molecule has 2 rings (SSSR count). The standard InChI is InChI=1S/C29H41NO6/c1-5-7-9-10-11-12-13-15-16-22(30-36-26(33)17-14-8-6-2)21-20-25(34-3)27-23(31)18-19-24(32)28(27)29(21)35-4/h18-20H,5-17H2,1-4H3. The van der Waals surface area contributed by atoms with Crippen LogP contribution in [0.1, 0.15) is 124 Å². The molecular weight excluding hydrogens is 458 g/mol. The third-order valence-corrected chi connectivity index (χ3v) is 6.37. The quantitative estimate of drug-likeness (QED) is 0.0992. The van der Waals surface area contributed by atoms with Gasteiger partial charge in [0, 0.05) is 12.0 Å². The van der Waals surface area contributed by atoms with Crippen molar-refractivity contribution in [1.29, 1.82) is 0 Å². The Morgan fingerprint density at radius 1 is 0.750 bits per heavy atom. The molecule has 0 spiro atoms. The van der Waals surface area contributed by atoms with Crippen molar-refractivity contribution in [1.82, 2.24) is 0 Å². The Balaban J connectivity index is 2.31. The summed E-state index contributed by atoms with van der Waals surface area (Å²) in [5, 5.41) is 4.23. The number of carbonyl (C=O) groups is 3. The van der Waals surface area contributed by atoms with E-state index in [9.17, 15) is 14.4 Å². The van der Waals surface area contributed by atoms with Gasteiger partial charge in [0.25, 0.3) is 0 Å². The number of carbonyl (C=O) groups excluding carboxylic acids is 3. The average Bonchev–Trinajstić information content (AvgIpc) is 2.88. The highest BCUT2D eigenvalue weighted by Crippen LogP contribution is 2.38. The van der Waals surface area contributed by atoms with E-state index in [-0.39, 0.29) is 34.2 Å². The summed E-state index contributed by atoms with van der Waals surface area (Å²) in [6, 6.07) is 1.65. The van der Waals surface area contributed by atoms with Crippen molar-refractivity contribution in [2.24, 2.45) is 5.16 Å². The fourth-order valence-corrected chi connectivity index (χ4v) is 4.35. The molecule has 1 aliphatic carbocycles. The van der Waals surface area contributed by atoms with Crippen molar-refractivity contribution in [2.45, 2.75) is 97.3 Å². The van der Waals surface area contributed by atoms with Gasteiger partial charge in [-0.3, -0.25) is 9.59 Å². The second-order valence-corrected chi connectivity index (χ2v) is 9.15. The monoisotopic (exact) mass is 499 g/mol. The third kappa shape index (κ3) is 8.32. The molecule has 0 fully saturated rings. The van der Waals surface area contributed by atoms with Crippen LogP contribution in [0.4, 0.5) is 0 Å². The Hall–Kier alpha value is -2.96. The minimum Gasteiger partial charge on any atom is -0.496 e. The van der Waals surface area contributed by atoms with E-state index in [0.29, 0.717) is 24.1 Å². The Kier molecular flexibility index (Phi) is 12.9. The van der Waals surface area contributed by atoms with Gasteiger partial charge in [0.15, 0.2) is 11.6 Å². The van der Waals surface area contributed by atoms with Crippen molar-refractivity contribution in [3.8, 4) is 11.5 Å². The second kappa shape index (κ2) is 15.9. The van der Waals surface area contributed by atoms with Crippen molar-refractivity contribution in [3.05, 3.63) is 34.9 Å². The minimum absolute atomic E-state index is 0.150. The highest BCUT2D eigenvalue weighted by molar-refractivity contribution is 6.25. The molecule has 0 heterocycles. The smallest absolute Gasteiger partial charge is 0.335 e. The zero-order valence-electron chi connectivity index (χ0n) is 22.3. The normalized spacial score (nSPS) is 13.1. The number of nitrogens with zero attached hydrogens (tertiary/aromatic N) is 1. The molecule has 0 saturated carbocycles. The second-order valence-electron chi connectivity index (χ2n) is 9.15. The molecule has 0 N–H and O–H groups in total. The van der Waals surface area contributed by atoms with Crippen LogP contribution < -0.4 is 9.47 Å². The van der Waals surface area contributed by atoms with Gasteiger partial charge < -0.3 is 14.3 Å². The number of unbranched alkanes of at least 4 members (excludes halogenated alkanes) is 9. The lowest BCUT2D eigenvalue weighted by atomic mass is 9.88. The van der Waals surface area contributed by atoms with Crippen LogP contribution >= 0.6 is 0 Å². The maximum atomic E-state index is 12.8. The van der Waals surface area contributed by atoms with Gasteiger partial charge in [-0.2, -0.15) is 0 Å². The number of hydrogen-bond donors (Lipinski definition) is 0. The van der Waals surface area contributed by atoms with E-state index in [1.165, 1.54) is 58.5 Å². The number of hydrogen-bond acceptors (Lipinski definition) is 7. The maximum absolute atomic E-state index is 12.8. The van der Waals surface area contributed by atoms with E-state index in [4.69, 9.17) is 14.3 Å². The lowest BCUT2D eigenvalue weighted by molar-refractivity contribution is -0.143. The molecule has 0 saturated heterocycles. The van der Waals surface area contributed by atoms with Crippen LogP contribution in [0, 0.1) is 0 Å². The molecule has 1 aliphatic rings. The van der Waals surface area contributed by atoms with Gasteiger partial charge >= 0.3 is 5.97 Å².